The zero-order valence-electron chi connectivity index (χ0n) is 14.4. The van der Waals surface area contributed by atoms with Crippen LogP contribution < -0.4 is 5.32 Å². The number of hydrogen-bond donors (Lipinski definition) is 1. The minimum absolute atomic E-state index is 0.302. The van der Waals surface area contributed by atoms with Gasteiger partial charge < -0.3 is 4.52 Å². The van der Waals surface area contributed by atoms with Crippen LogP contribution in [0, 0.1) is 6.92 Å². The van der Waals surface area contributed by atoms with Gasteiger partial charge >= 0.3 is 0 Å². The monoisotopic (exact) mass is 430 g/mol. The van der Waals surface area contributed by atoms with Gasteiger partial charge in [-0.3, -0.25) is 10.1 Å². The number of nitrogens with zero attached hydrogens (tertiary/aromatic N) is 3. The van der Waals surface area contributed by atoms with E-state index >= 15 is 0 Å². The fourth-order valence-electron chi connectivity index (χ4n) is 2.62. The number of halogens is 2. The Kier molecular flexibility index (Phi) is 5.13. The number of nitrogens with one attached hydrogen (secondary N) is 1. The summed E-state index contributed by atoms with van der Waals surface area (Å²) in [6, 6.07) is 14.3. The molecular weight excluding hydrogens is 419 g/mol. The molecule has 28 heavy (non-hydrogen) atoms. The first-order valence-corrected chi connectivity index (χ1v) is 9.72. The van der Waals surface area contributed by atoms with E-state index in [4.69, 9.17) is 27.7 Å². The van der Waals surface area contributed by atoms with E-state index in [1.807, 2.05) is 18.2 Å². The smallest absolute Gasteiger partial charge is 0.263 e. The van der Waals surface area contributed by atoms with Crippen molar-refractivity contribution in [2.45, 2.75) is 6.92 Å². The zero-order chi connectivity index (χ0) is 19.7. The lowest BCUT2D eigenvalue weighted by Crippen LogP contribution is -2.13. The summed E-state index contributed by atoms with van der Waals surface area (Å²) in [5.74, 6) is -0.0117. The lowest BCUT2D eigenvalue weighted by molar-refractivity contribution is 0.102. The van der Waals surface area contributed by atoms with Crippen LogP contribution in [0.3, 0.4) is 0 Å². The van der Waals surface area contributed by atoms with E-state index < -0.39 is 5.91 Å². The molecule has 4 aromatic rings. The standard InChI is InChI=1S/C19H12Cl2N4O2S/c1-10-15(16(25-27-10)13-4-2-3-5-14(13)21)17(26)22-19-24-23-18(28-19)11-6-8-12(20)9-7-11/h2-9H,1H3,(H,22,24,26). The lowest BCUT2D eigenvalue weighted by atomic mass is 10.1. The molecule has 1 amide bonds. The predicted molar refractivity (Wildman–Crippen MR) is 110 cm³/mol. The van der Waals surface area contributed by atoms with Gasteiger partial charge in [0.25, 0.3) is 5.91 Å². The molecule has 6 nitrogen and oxygen atoms in total. The number of rotatable bonds is 4. The van der Waals surface area contributed by atoms with Crippen LogP contribution in [0.2, 0.25) is 10.0 Å². The molecule has 0 bridgehead atoms. The van der Waals surface area contributed by atoms with Gasteiger partial charge in [-0.1, -0.05) is 70.0 Å². The molecule has 0 saturated heterocycles. The Morgan fingerprint density at radius 1 is 1.07 bits per heavy atom. The number of aromatic nitrogens is 3. The van der Waals surface area contributed by atoms with Crippen molar-refractivity contribution >= 4 is 45.6 Å². The van der Waals surface area contributed by atoms with Gasteiger partial charge in [0.15, 0.2) is 0 Å². The Morgan fingerprint density at radius 2 is 1.82 bits per heavy atom. The van der Waals surface area contributed by atoms with E-state index in [-0.39, 0.29) is 0 Å². The maximum absolute atomic E-state index is 12.9. The third-order valence-electron chi connectivity index (χ3n) is 3.96. The summed E-state index contributed by atoms with van der Waals surface area (Å²) >= 11 is 13.4. The Balaban J connectivity index is 1.61. The first-order valence-electron chi connectivity index (χ1n) is 8.15. The molecule has 1 N–H and O–H groups in total. The van der Waals surface area contributed by atoms with Crippen LogP contribution in [0.1, 0.15) is 16.1 Å². The van der Waals surface area contributed by atoms with Gasteiger partial charge in [0.05, 0.1) is 5.02 Å². The molecule has 9 heteroatoms. The molecular formula is C19H12Cl2N4O2S. The number of hydrogen-bond acceptors (Lipinski definition) is 6. The van der Waals surface area contributed by atoms with Gasteiger partial charge in [0, 0.05) is 16.1 Å². The van der Waals surface area contributed by atoms with Crippen LogP contribution >= 0.6 is 34.5 Å². The fourth-order valence-corrected chi connectivity index (χ4v) is 3.71. The van der Waals surface area contributed by atoms with Crippen LogP contribution in [-0.2, 0) is 0 Å². The van der Waals surface area contributed by atoms with Crippen molar-refractivity contribution in [3.05, 3.63) is 69.9 Å². The molecule has 0 aliphatic rings. The molecule has 4 rings (SSSR count). The molecule has 2 heterocycles. The van der Waals surface area contributed by atoms with Gasteiger partial charge in [0.1, 0.15) is 22.0 Å². The summed E-state index contributed by atoms with van der Waals surface area (Å²) in [4.78, 5) is 12.9. The topological polar surface area (TPSA) is 80.9 Å². The molecule has 0 saturated carbocycles. The van der Waals surface area contributed by atoms with Crippen molar-refractivity contribution in [2.75, 3.05) is 5.32 Å². The van der Waals surface area contributed by atoms with Crippen molar-refractivity contribution in [1.82, 2.24) is 15.4 Å². The maximum atomic E-state index is 12.9. The maximum Gasteiger partial charge on any atom is 0.263 e. The van der Waals surface area contributed by atoms with Gasteiger partial charge in [0.2, 0.25) is 5.13 Å². The second kappa shape index (κ2) is 7.71. The molecule has 2 aromatic carbocycles. The predicted octanol–water partition coefficient (Wildman–Crippen LogP) is 5.73. The second-order valence-electron chi connectivity index (χ2n) is 5.82. The Labute approximate surface area is 174 Å². The molecule has 0 spiro atoms. The normalized spacial score (nSPS) is 10.8. The third-order valence-corrected chi connectivity index (χ3v) is 5.42. The molecule has 0 aliphatic carbocycles. The number of carbonyl (C=O) groups is 1. The molecule has 0 radical (unpaired) electrons. The van der Waals surface area contributed by atoms with Crippen LogP contribution in [0.25, 0.3) is 21.8 Å². The molecule has 2 aromatic heterocycles. The highest BCUT2D eigenvalue weighted by Gasteiger charge is 2.24. The molecule has 0 unspecified atom stereocenters. The minimum atomic E-state index is -0.396. The highest BCUT2D eigenvalue weighted by Crippen LogP contribution is 2.32. The summed E-state index contributed by atoms with van der Waals surface area (Å²) in [5.41, 5.74) is 2.16. The van der Waals surface area contributed by atoms with E-state index in [0.717, 1.165) is 5.56 Å². The van der Waals surface area contributed by atoms with Crippen LogP contribution in [-0.4, -0.2) is 21.3 Å². The van der Waals surface area contributed by atoms with E-state index in [1.54, 1.807) is 37.3 Å². The van der Waals surface area contributed by atoms with Crippen molar-refractivity contribution in [1.29, 1.82) is 0 Å². The van der Waals surface area contributed by atoms with Crippen LogP contribution in [0.5, 0.6) is 0 Å². The zero-order valence-corrected chi connectivity index (χ0v) is 16.8. The first-order chi connectivity index (χ1) is 13.5. The van der Waals surface area contributed by atoms with Crippen molar-refractivity contribution in [3.8, 4) is 21.8 Å². The average Bonchev–Trinajstić information content (AvgIpc) is 3.29. The van der Waals surface area contributed by atoms with Gasteiger partial charge in [-0.2, -0.15) is 0 Å². The summed E-state index contributed by atoms with van der Waals surface area (Å²) in [6.07, 6.45) is 0. The number of benzene rings is 2. The average molecular weight is 431 g/mol. The molecule has 140 valence electrons. The highest BCUT2D eigenvalue weighted by atomic mass is 35.5. The van der Waals surface area contributed by atoms with Crippen LogP contribution in [0.4, 0.5) is 5.13 Å². The Bertz CT molecular complexity index is 1150. The summed E-state index contributed by atoms with van der Waals surface area (Å²) in [6.45, 7) is 1.67. The number of anilines is 1. The second-order valence-corrected chi connectivity index (χ2v) is 7.64. The summed E-state index contributed by atoms with van der Waals surface area (Å²) < 4.78 is 5.24. The quantitative estimate of drug-likeness (QED) is 0.447. The van der Waals surface area contributed by atoms with Crippen molar-refractivity contribution in [3.63, 3.8) is 0 Å². The number of amides is 1. The minimum Gasteiger partial charge on any atom is -0.360 e. The Morgan fingerprint density at radius 3 is 2.57 bits per heavy atom. The van der Waals surface area contributed by atoms with E-state index in [2.05, 4.69) is 20.7 Å². The molecule has 0 aliphatic heterocycles. The van der Waals surface area contributed by atoms with Crippen molar-refractivity contribution in [2.24, 2.45) is 0 Å². The van der Waals surface area contributed by atoms with E-state index in [9.17, 15) is 4.79 Å². The summed E-state index contributed by atoms with van der Waals surface area (Å²) in [5, 5.41) is 17.1. The largest absolute Gasteiger partial charge is 0.360 e. The highest BCUT2D eigenvalue weighted by molar-refractivity contribution is 7.18. The Hall–Kier alpha value is -2.74. The SMILES string of the molecule is Cc1onc(-c2ccccc2Cl)c1C(=O)Nc1nnc(-c2ccc(Cl)cc2)s1. The van der Waals surface area contributed by atoms with Gasteiger partial charge in [-0.05, 0) is 25.1 Å². The first kappa shape index (κ1) is 18.6. The van der Waals surface area contributed by atoms with Crippen LogP contribution in [0.15, 0.2) is 53.1 Å². The third kappa shape index (κ3) is 3.64. The van der Waals surface area contributed by atoms with Crippen molar-refractivity contribution < 1.29 is 9.32 Å². The molecule has 0 fully saturated rings. The summed E-state index contributed by atoms with van der Waals surface area (Å²) in [7, 11) is 0. The van der Waals surface area contributed by atoms with Gasteiger partial charge in [-0.15, -0.1) is 10.2 Å². The lowest BCUT2D eigenvalue weighted by Gasteiger charge is -2.04. The number of carbonyl (C=O) groups excluding carboxylic acids is 1. The molecule has 0 atom stereocenters. The van der Waals surface area contributed by atoms with Gasteiger partial charge in [-0.25, -0.2) is 0 Å². The fraction of sp³-hybridized carbons (Fsp3) is 0.0526. The van der Waals surface area contributed by atoms with E-state index in [1.165, 1.54) is 11.3 Å². The number of aryl methyl sites for hydroxylation is 1. The van der Waals surface area contributed by atoms with E-state index in [0.29, 0.717) is 42.8 Å².